The topological polar surface area (TPSA) is 92.6 Å². The summed E-state index contributed by atoms with van der Waals surface area (Å²) in [6.45, 7) is 2.78. The molecule has 112 valence electrons. The SMILES string of the molecule is CNc1ccc([N+](=O)[O-])c(NCCN(C)CCOC)n1. The number of likely N-dealkylation sites (N-methyl/N-ethyl adjacent to an activating group) is 1. The molecule has 0 aromatic carbocycles. The van der Waals surface area contributed by atoms with Crippen LogP contribution in [0.1, 0.15) is 0 Å². The average molecular weight is 283 g/mol. The van der Waals surface area contributed by atoms with E-state index in [0.29, 0.717) is 19.0 Å². The Morgan fingerprint density at radius 3 is 2.80 bits per heavy atom. The van der Waals surface area contributed by atoms with Gasteiger partial charge in [0, 0.05) is 39.9 Å². The van der Waals surface area contributed by atoms with E-state index in [0.717, 1.165) is 13.1 Å². The van der Waals surface area contributed by atoms with Crippen LogP contribution in [0.3, 0.4) is 0 Å². The Kier molecular flexibility index (Phi) is 6.68. The molecule has 1 aromatic rings. The Balaban J connectivity index is 2.59. The first-order valence-corrected chi connectivity index (χ1v) is 6.33. The second kappa shape index (κ2) is 8.28. The number of pyridine rings is 1. The van der Waals surface area contributed by atoms with Crippen LogP contribution in [0.15, 0.2) is 12.1 Å². The van der Waals surface area contributed by atoms with Crippen LogP contribution in [0.25, 0.3) is 0 Å². The van der Waals surface area contributed by atoms with E-state index < -0.39 is 4.92 Å². The summed E-state index contributed by atoms with van der Waals surface area (Å²) in [7, 11) is 5.34. The lowest BCUT2D eigenvalue weighted by Crippen LogP contribution is -2.28. The first-order chi connectivity index (χ1) is 9.58. The highest BCUT2D eigenvalue weighted by molar-refractivity contribution is 5.60. The highest BCUT2D eigenvalue weighted by Gasteiger charge is 2.15. The van der Waals surface area contributed by atoms with Crippen LogP contribution in [0.4, 0.5) is 17.3 Å². The van der Waals surface area contributed by atoms with Gasteiger partial charge in [0.15, 0.2) is 0 Å². The Labute approximate surface area is 118 Å². The maximum absolute atomic E-state index is 10.9. The van der Waals surface area contributed by atoms with Gasteiger partial charge in [-0.3, -0.25) is 10.1 Å². The molecule has 0 unspecified atom stereocenters. The van der Waals surface area contributed by atoms with Gasteiger partial charge >= 0.3 is 5.69 Å². The minimum atomic E-state index is -0.441. The zero-order chi connectivity index (χ0) is 15.0. The third-order valence-corrected chi connectivity index (χ3v) is 2.79. The molecule has 0 radical (unpaired) electrons. The van der Waals surface area contributed by atoms with Crippen LogP contribution in [0.5, 0.6) is 0 Å². The van der Waals surface area contributed by atoms with Gasteiger partial charge in [-0.25, -0.2) is 4.98 Å². The zero-order valence-corrected chi connectivity index (χ0v) is 12.0. The van der Waals surface area contributed by atoms with E-state index in [-0.39, 0.29) is 11.5 Å². The number of aromatic nitrogens is 1. The number of ether oxygens (including phenoxy) is 1. The van der Waals surface area contributed by atoms with Crippen LogP contribution in [0, 0.1) is 10.1 Å². The first-order valence-electron chi connectivity index (χ1n) is 6.33. The Hall–Kier alpha value is -1.93. The van der Waals surface area contributed by atoms with Gasteiger partial charge in [0.05, 0.1) is 11.5 Å². The second-order valence-corrected chi connectivity index (χ2v) is 4.29. The van der Waals surface area contributed by atoms with Crippen molar-refractivity contribution in [2.24, 2.45) is 0 Å². The van der Waals surface area contributed by atoms with Crippen molar-refractivity contribution in [2.75, 3.05) is 58.1 Å². The maximum Gasteiger partial charge on any atom is 0.311 e. The normalized spacial score (nSPS) is 10.6. The van der Waals surface area contributed by atoms with E-state index in [1.165, 1.54) is 6.07 Å². The lowest BCUT2D eigenvalue weighted by molar-refractivity contribution is -0.384. The molecular formula is C12H21N5O3. The predicted octanol–water partition coefficient (Wildman–Crippen LogP) is 1.02. The summed E-state index contributed by atoms with van der Waals surface area (Å²) >= 11 is 0. The quantitative estimate of drug-likeness (QED) is 0.516. The summed E-state index contributed by atoms with van der Waals surface area (Å²) in [5, 5.41) is 16.8. The van der Waals surface area contributed by atoms with E-state index in [2.05, 4.69) is 20.5 Å². The van der Waals surface area contributed by atoms with Gasteiger partial charge in [-0.2, -0.15) is 0 Å². The molecule has 0 aliphatic carbocycles. The van der Waals surface area contributed by atoms with Crippen molar-refractivity contribution in [2.45, 2.75) is 0 Å². The average Bonchev–Trinajstić information content (AvgIpc) is 2.44. The standard InChI is InChI=1S/C12H21N5O3/c1-13-11-5-4-10(17(18)19)12(15-11)14-6-7-16(2)8-9-20-3/h4-5H,6-9H2,1-3H3,(H2,13,14,15). The van der Waals surface area contributed by atoms with Gasteiger partial charge in [0.1, 0.15) is 5.82 Å². The molecule has 0 atom stereocenters. The number of nitrogens with one attached hydrogen (secondary N) is 2. The van der Waals surface area contributed by atoms with Gasteiger partial charge in [-0.1, -0.05) is 0 Å². The van der Waals surface area contributed by atoms with E-state index in [1.807, 2.05) is 7.05 Å². The Morgan fingerprint density at radius 2 is 2.20 bits per heavy atom. The van der Waals surface area contributed by atoms with Crippen LogP contribution in [-0.4, -0.2) is 62.3 Å². The van der Waals surface area contributed by atoms with Crippen molar-refractivity contribution >= 4 is 17.3 Å². The molecule has 0 aliphatic heterocycles. The Bertz CT molecular complexity index is 441. The molecule has 0 amide bonds. The lowest BCUT2D eigenvalue weighted by atomic mass is 10.3. The third kappa shape index (κ3) is 4.98. The molecule has 1 heterocycles. The molecule has 0 saturated carbocycles. The number of methoxy groups -OCH3 is 1. The zero-order valence-electron chi connectivity index (χ0n) is 12.0. The van der Waals surface area contributed by atoms with Crippen molar-refractivity contribution in [3.8, 4) is 0 Å². The van der Waals surface area contributed by atoms with Crippen molar-refractivity contribution in [3.63, 3.8) is 0 Å². The van der Waals surface area contributed by atoms with Gasteiger partial charge in [0.2, 0.25) is 5.82 Å². The predicted molar refractivity (Wildman–Crippen MR) is 78.3 cm³/mol. The van der Waals surface area contributed by atoms with E-state index in [9.17, 15) is 10.1 Å². The molecule has 0 bridgehead atoms. The molecule has 8 nitrogen and oxygen atoms in total. The molecular weight excluding hydrogens is 262 g/mol. The van der Waals surface area contributed by atoms with E-state index >= 15 is 0 Å². The summed E-state index contributed by atoms with van der Waals surface area (Å²) in [6, 6.07) is 3.02. The van der Waals surface area contributed by atoms with Gasteiger partial charge in [-0.15, -0.1) is 0 Å². The minimum Gasteiger partial charge on any atom is -0.383 e. The summed E-state index contributed by atoms with van der Waals surface area (Å²) in [4.78, 5) is 16.7. The van der Waals surface area contributed by atoms with Crippen molar-refractivity contribution in [3.05, 3.63) is 22.2 Å². The summed E-state index contributed by atoms with van der Waals surface area (Å²) in [5.74, 6) is 0.868. The fourth-order valence-corrected chi connectivity index (χ4v) is 1.59. The molecule has 2 N–H and O–H groups in total. The number of nitro groups is 1. The highest BCUT2D eigenvalue weighted by Crippen LogP contribution is 2.23. The summed E-state index contributed by atoms with van der Waals surface area (Å²) in [6.07, 6.45) is 0. The number of nitrogens with zero attached hydrogens (tertiary/aromatic N) is 3. The van der Waals surface area contributed by atoms with Gasteiger partial charge in [-0.05, 0) is 13.1 Å². The number of rotatable bonds is 9. The van der Waals surface area contributed by atoms with E-state index in [1.54, 1.807) is 20.2 Å². The van der Waals surface area contributed by atoms with E-state index in [4.69, 9.17) is 4.74 Å². The van der Waals surface area contributed by atoms with Gasteiger partial charge < -0.3 is 20.3 Å². The molecule has 20 heavy (non-hydrogen) atoms. The smallest absolute Gasteiger partial charge is 0.311 e. The van der Waals surface area contributed by atoms with Crippen LogP contribution < -0.4 is 10.6 Å². The molecule has 0 aliphatic rings. The number of hydrogen-bond acceptors (Lipinski definition) is 7. The van der Waals surface area contributed by atoms with Crippen LogP contribution >= 0.6 is 0 Å². The van der Waals surface area contributed by atoms with Crippen LogP contribution in [-0.2, 0) is 4.74 Å². The minimum absolute atomic E-state index is 0.0245. The molecule has 0 fully saturated rings. The number of hydrogen-bond donors (Lipinski definition) is 2. The largest absolute Gasteiger partial charge is 0.383 e. The molecule has 1 rings (SSSR count). The summed E-state index contributed by atoms with van der Waals surface area (Å²) in [5.41, 5.74) is -0.0245. The van der Waals surface area contributed by atoms with Gasteiger partial charge in [0.25, 0.3) is 0 Å². The molecule has 8 heteroatoms. The lowest BCUT2D eigenvalue weighted by Gasteiger charge is -2.16. The second-order valence-electron chi connectivity index (χ2n) is 4.29. The fourth-order valence-electron chi connectivity index (χ4n) is 1.59. The Morgan fingerprint density at radius 1 is 1.45 bits per heavy atom. The van der Waals surface area contributed by atoms with Crippen molar-refractivity contribution in [1.82, 2.24) is 9.88 Å². The highest BCUT2D eigenvalue weighted by atomic mass is 16.6. The molecule has 0 spiro atoms. The monoisotopic (exact) mass is 283 g/mol. The third-order valence-electron chi connectivity index (χ3n) is 2.79. The first kappa shape index (κ1) is 16.1. The maximum atomic E-state index is 10.9. The fraction of sp³-hybridized carbons (Fsp3) is 0.583. The van der Waals surface area contributed by atoms with Crippen LogP contribution in [0.2, 0.25) is 0 Å². The van der Waals surface area contributed by atoms with Crippen molar-refractivity contribution < 1.29 is 9.66 Å². The summed E-state index contributed by atoms with van der Waals surface area (Å²) < 4.78 is 4.99. The van der Waals surface area contributed by atoms with Crippen molar-refractivity contribution in [1.29, 1.82) is 0 Å². The molecule has 0 saturated heterocycles. The molecule has 1 aromatic heterocycles. The number of anilines is 2.